The molecule has 1 fully saturated rings. The zero-order valence-corrected chi connectivity index (χ0v) is 14.7. The average molecular weight is 380 g/mol. The van der Waals surface area contributed by atoms with Crippen LogP contribution in [0.4, 0.5) is 10.5 Å². The molecular formula is C20H14ClN3O3. The summed E-state index contributed by atoms with van der Waals surface area (Å²) in [6, 6.07) is 16.3. The number of carbonyl (C=O) groups is 2. The number of rotatable bonds is 3. The van der Waals surface area contributed by atoms with Crippen LogP contribution in [0.5, 0.6) is 5.75 Å². The number of nitrogens with one attached hydrogen (secondary N) is 1. The second-order valence-electron chi connectivity index (χ2n) is 5.93. The maximum atomic E-state index is 12.7. The number of hydrogen-bond acceptors (Lipinski definition) is 3. The van der Waals surface area contributed by atoms with Crippen molar-refractivity contribution in [2.24, 2.45) is 0 Å². The molecular weight excluding hydrogens is 366 g/mol. The second kappa shape index (κ2) is 6.66. The maximum absolute atomic E-state index is 12.7. The fraction of sp³-hybridized carbons (Fsp3) is 0. The number of aromatic nitrogens is 1. The summed E-state index contributed by atoms with van der Waals surface area (Å²) in [5, 5.41) is 12.5. The van der Waals surface area contributed by atoms with Crippen LogP contribution in [0.3, 0.4) is 0 Å². The van der Waals surface area contributed by atoms with Crippen LogP contribution in [-0.4, -0.2) is 21.6 Å². The molecule has 0 radical (unpaired) electrons. The first-order chi connectivity index (χ1) is 13.0. The standard InChI is InChI=1S/C20H14ClN3O3/c21-13-3-1-4-16(11-13)24-19(26)18(22-20(24)27)12-15-5-2-10-23(15)14-6-8-17(25)9-7-14/h1-12,25H,(H,22,27)/b18-12+. The topological polar surface area (TPSA) is 74.6 Å². The number of aromatic hydroxyl groups is 1. The van der Waals surface area contributed by atoms with Crippen LogP contribution in [0.1, 0.15) is 5.69 Å². The highest BCUT2D eigenvalue weighted by Crippen LogP contribution is 2.25. The van der Waals surface area contributed by atoms with E-state index in [0.717, 1.165) is 10.6 Å². The molecule has 134 valence electrons. The third kappa shape index (κ3) is 3.18. The van der Waals surface area contributed by atoms with E-state index in [4.69, 9.17) is 11.6 Å². The number of urea groups is 1. The summed E-state index contributed by atoms with van der Waals surface area (Å²) in [6.45, 7) is 0. The first-order valence-electron chi connectivity index (χ1n) is 8.12. The molecule has 0 spiro atoms. The molecule has 1 saturated heterocycles. The molecule has 0 unspecified atom stereocenters. The number of benzene rings is 2. The number of amides is 3. The Bertz CT molecular complexity index is 1070. The predicted molar refractivity (Wildman–Crippen MR) is 103 cm³/mol. The Balaban J connectivity index is 1.68. The molecule has 2 heterocycles. The van der Waals surface area contributed by atoms with E-state index in [2.05, 4.69) is 5.32 Å². The third-order valence-electron chi connectivity index (χ3n) is 4.14. The molecule has 2 N–H and O–H groups in total. The Morgan fingerprint density at radius 2 is 1.74 bits per heavy atom. The Kier molecular flexibility index (Phi) is 4.18. The lowest BCUT2D eigenvalue weighted by molar-refractivity contribution is -0.113. The Morgan fingerprint density at radius 3 is 2.48 bits per heavy atom. The fourth-order valence-corrected chi connectivity index (χ4v) is 3.08. The van der Waals surface area contributed by atoms with Gasteiger partial charge in [-0.1, -0.05) is 17.7 Å². The van der Waals surface area contributed by atoms with E-state index >= 15 is 0 Å². The first kappa shape index (κ1) is 16.9. The van der Waals surface area contributed by atoms with Crippen molar-refractivity contribution in [3.63, 3.8) is 0 Å². The van der Waals surface area contributed by atoms with Gasteiger partial charge in [0.2, 0.25) is 0 Å². The molecule has 1 aliphatic heterocycles. The minimum Gasteiger partial charge on any atom is -0.508 e. The number of hydrogen-bond donors (Lipinski definition) is 2. The zero-order chi connectivity index (χ0) is 19.0. The number of nitrogens with zero attached hydrogens (tertiary/aromatic N) is 2. The third-order valence-corrected chi connectivity index (χ3v) is 4.38. The Hall–Kier alpha value is -3.51. The first-order valence-corrected chi connectivity index (χ1v) is 8.50. The van der Waals surface area contributed by atoms with Gasteiger partial charge in [0.1, 0.15) is 11.4 Å². The van der Waals surface area contributed by atoms with Crippen LogP contribution in [0.25, 0.3) is 11.8 Å². The summed E-state index contributed by atoms with van der Waals surface area (Å²) in [5.41, 5.74) is 2.09. The van der Waals surface area contributed by atoms with Gasteiger partial charge < -0.3 is 15.0 Å². The van der Waals surface area contributed by atoms with Crippen molar-refractivity contribution >= 4 is 35.3 Å². The number of anilines is 1. The van der Waals surface area contributed by atoms with Gasteiger partial charge in [-0.15, -0.1) is 0 Å². The van der Waals surface area contributed by atoms with Gasteiger partial charge in [0.25, 0.3) is 5.91 Å². The van der Waals surface area contributed by atoms with E-state index in [1.807, 2.05) is 22.9 Å². The van der Waals surface area contributed by atoms with Crippen molar-refractivity contribution < 1.29 is 14.7 Å². The average Bonchev–Trinajstić information content (AvgIpc) is 3.20. The largest absolute Gasteiger partial charge is 0.508 e. The van der Waals surface area contributed by atoms with Gasteiger partial charge in [-0.3, -0.25) is 4.79 Å². The van der Waals surface area contributed by atoms with Gasteiger partial charge in [0.15, 0.2) is 0 Å². The number of phenolic OH excluding ortho intramolecular Hbond substituents is 1. The fourth-order valence-electron chi connectivity index (χ4n) is 2.89. The predicted octanol–water partition coefficient (Wildman–Crippen LogP) is 3.93. The van der Waals surface area contributed by atoms with Gasteiger partial charge in [0.05, 0.1) is 5.69 Å². The number of carbonyl (C=O) groups excluding carboxylic acids is 2. The highest BCUT2D eigenvalue weighted by molar-refractivity contribution is 6.32. The monoisotopic (exact) mass is 379 g/mol. The van der Waals surface area contributed by atoms with Gasteiger partial charge >= 0.3 is 6.03 Å². The lowest BCUT2D eigenvalue weighted by Gasteiger charge is -2.11. The molecule has 0 atom stereocenters. The van der Waals surface area contributed by atoms with E-state index in [9.17, 15) is 14.7 Å². The molecule has 0 aliphatic carbocycles. The lowest BCUT2D eigenvalue weighted by atomic mass is 10.2. The van der Waals surface area contributed by atoms with Crippen molar-refractivity contribution in [1.29, 1.82) is 0 Å². The molecule has 2 aromatic carbocycles. The van der Waals surface area contributed by atoms with Crippen LogP contribution in [0.2, 0.25) is 5.02 Å². The van der Waals surface area contributed by atoms with Crippen LogP contribution >= 0.6 is 11.6 Å². The molecule has 1 aromatic heterocycles. The molecule has 4 rings (SSSR count). The quantitative estimate of drug-likeness (QED) is 0.534. The van der Waals surface area contributed by atoms with Crippen molar-refractivity contribution in [3.8, 4) is 11.4 Å². The minimum atomic E-state index is -0.531. The summed E-state index contributed by atoms with van der Waals surface area (Å²) in [4.78, 5) is 26.1. The highest BCUT2D eigenvalue weighted by Gasteiger charge is 2.35. The molecule has 3 aromatic rings. The van der Waals surface area contributed by atoms with Crippen molar-refractivity contribution in [2.45, 2.75) is 0 Å². The molecule has 1 aliphatic rings. The van der Waals surface area contributed by atoms with Crippen molar-refractivity contribution in [2.75, 3.05) is 4.90 Å². The van der Waals surface area contributed by atoms with Crippen LogP contribution in [0.15, 0.2) is 72.6 Å². The summed E-state index contributed by atoms with van der Waals surface area (Å²) < 4.78 is 1.84. The summed E-state index contributed by atoms with van der Waals surface area (Å²) in [6.07, 6.45) is 3.44. The molecule has 0 bridgehead atoms. The number of halogens is 1. The van der Waals surface area contributed by atoms with E-state index in [1.54, 1.807) is 54.6 Å². The zero-order valence-electron chi connectivity index (χ0n) is 14.0. The Labute approximate surface area is 159 Å². The van der Waals surface area contributed by atoms with E-state index < -0.39 is 11.9 Å². The second-order valence-corrected chi connectivity index (χ2v) is 6.36. The lowest BCUT2D eigenvalue weighted by Crippen LogP contribution is -2.30. The smallest absolute Gasteiger partial charge is 0.333 e. The van der Waals surface area contributed by atoms with Crippen molar-refractivity contribution in [1.82, 2.24) is 9.88 Å². The molecule has 0 saturated carbocycles. The maximum Gasteiger partial charge on any atom is 0.333 e. The van der Waals surface area contributed by atoms with E-state index in [1.165, 1.54) is 0 Å². The highest BCUT2D eigenvalue weighted by atomic mass is 35.5. The number of phenols is 1. The Morgan fingerprint density at radius 1 is 0.963 bits per heavy atom. The van der Waals surface area contributed by atoms with Crippen LogP contribution in [0, 0.1) is 0 Å². The van der Waals surface area contributed by atoms with Crippen LogP contribution in [-0.2, 0) is 4.79 Å². The normalized spacial score (nSPS) is 15.4. The molecule has 6 nitrogen and oxygen atoms in total. The molecule has 3 amide bonds. The van der Waals surface area contributed by atoms with E-state index in [0.29, 0.717) is 16.4 Å². The van der Waals surface area contributed by atoms with Gasteiger partial charge in [-0.05, 0) is 60.7 Å². The molecule has 7 heteroatoms. The van der Waals surface area contributed by atoms with Crippen molar-refractivity contribution in [3.05, 3.63) is 83.3 Å². The summed E-state index contributed by atoms with van der Waals surface area (Å²) >= 11 is 5.96. The summed E-state index contributed by atoms with van der Waals surface area (Å²) in [7, 11) is 0. The summed E-state index contributed by atoms with van der Waals surface area (Å²) in [5.74, 6) is -0.290. The van der Waals surface area contributed by atoms with Gasteiger partial charge in [0, 0.05) is 22.6 Å². The minimum absolute atomic E-state index is 0.165. The van der Waals surface area contributed by atoms with Crippen LogP contribution < -0.4 is 10.2 Å². The SMILES string of the molecule is O=C1N/C(=C/c2cccn2-c2ccc(O)cc2)C(=O)N1c1cccc(Cl)c1. The molecule has 27 heavy (non-hydrogen) atoms. The van der Waals surface area contributed by atoms with Gasteiger partial charge in [-0.2, -0.15) is 0 Å². The van der Waals surface area contributed by atoms with E-state index in [-0.39, 0.29) is 11.4 Å². The van der Waals surface area contributed by atoms with Gasteiger partial charge in [-0.25, -0.2) is 9.69 Å². The number of imide groups is 1.